The minimum Gasteiger partial charge on any atom is -0.459 e. The summed E-state index contributed by atoms with van der Waals surface area (Å²) in [5.74, 6) is -0.530. The van der Waals surface area contributed by atoms with Gasteiger partial charge in [0.1, 0.15) is 5.03 Å². The molecule has 0 saturated carbocycles. The molecule has 2 N–H and O–H groups in total. The normalized spacial score (nSPS) is 10.6. The van der Waals surface area contributed by atoms with E-state index in [1.807, 2.05) is 24.3 Å². The fourth-order valence-corrected chi connectivity index (χ4v) is 3.18. The summed E-state index contributed by atoms with van der Waals surface area (Å²) in [6.07, 6.45) is 2.22. The minimum atomic E-state index is -0.499. The molecule has 6 nitrogen and oxygen atoms in total. The number of carbonyl (C=O) groups excluding carboxylic acids is 2. The summed E-state index contributed by atoms with van der Waals surface area (Å²) in [4.78, 5) is 28.3. The predicted molar refractivity (Wildman–Crippen MR) is 96.2 cm³/mol. The Hall–Kier alpha value is -2.80. The van der Waals surface area contributed by atoms with Gasteiger partial charge in [0.05, 0.1) is 17.5 Å². The largest absolute Gasteiger partial charge is 0.459 e. The number of hydrazine groups is 1. The smallest absolute Gasteiger partial charge is 0.305 e. The molecule has 2 aromatic heterocycles. The SMILES string of the molecule is CCc1cc2ccccc2nc1SCC(=O)NNC(=O)c1ccco1. The predicted octanol–water partition coefficient (Wildman–Crippen LogP) is 2.94. The molecule has 2 amide bonds. The van der Waals surface area contributed by atoms with Gasteiger partial charge < -0.3 is 4.42 Å². The van der Waals surface area contributed by atoms with Crippen LogP contribution in [0.25, 0.3) is 10.9 Å². The topological polar surface area (TPSA) is 84.2 Å². The molecule has 7 heteroatoms. The average Bonchev–Trinajstić information content (AvgIpc) is 3.18. The van der Waals surface area contributed by atoms with E-state index in [9.17, 15) is 9.59 Å². The van der Waals surface area contributed by atoms with E-state index in [1.54, 1.807) is 6.07 Å². The number of fused-ring (bicyclic) bond motifs is 1. The van der Waals surface area contributed by atoms with E-state index in [-0.39, 0.29) is 17.4 Å². The third-order valence-electron chi connectivity index (χ3n) is 3.54. The Bertz CT molecular complexity index is 894. The van der Waals surface area contributed by atoms with E-state index >= 15 is 0 Å². The van der Waals surface area contributed by atoms with Gasteiger partial charge in [0.2, 0.25) is 5.91 Å². The highest BCUT2D eigenvalue weighted by molar-refractivity contribution is 7.99. The Labute approximate surface area is 149 Å². The zero-order valence-electron chi connectivity index (χ0n) is 13.6. The summed E-state index contributed by atoms with van der Waals surface area (Å²) in [6.45, 7) is 2.06. The molecule has 0 saturated heterocycles. The molecule has 3 rings (SSSR count). The van der Waals surface area contributed by atoms with Crippen molar-refractivity contribution in [3.05, 3.63) is 60.1 Å². The summed E-state index contributed by atoms with van der Waals surface area (Å²) in [7, 11) is 0. The Morgan fingerprint density at radius 1 is 1.16 bits per heavy atom. The molecule has 0 bridgehead atoms. The molecular weight excluding hydrogens is 338 g/mol. The van der Waals surface area contributed by atoms with Gasteiger partial charge in [0.15, 0.2) is 5.76 Å². The second kappa shape index (κ2) is 7.85. The summed E-state index contributed by atoms with van der Waals surface area (Å²) in [5, 5.41) is 1.91. The van der Waals surface area contributed by atoms with E-state index in [4.69, 9.17) is 4.42 Å². The maximum absolute atomic E-state index is 11.9. The molecule has 0 aliphatic carbocycles. The van der Waals surface area contributed by atoms with Crippen LogP contribution in [-0.2, 0) is 11.2 Å². The lowest BCUT2D eigenvalue weighted by atomic mass is 10.1. The van der Waals surface area contributed by atoms with E-state index < -0.39 is 5.91 Å². The molecule has 0 radical (unpaired) electrons. The van der Waals surface area contributed by atoms with Gasteiger partial charge >= 0.3 is 5.91 Å². The zero-order chi connectivity index (χ0) is 17.6. The van der Waals surface area contributed by atoms with Crippen LogP contribution in [0, 0.1) is 0 Å². The molecule has 128 valence electrons. The van der Waals surface area contributed by atoms with Crippen LogP contribution in [0.15, 0.2) is 58.2 Å². The number of rotatable bonds is 5. The number of nitrogens with zero attached hydrogens (tertiary/aromatic N) is 1. The standard InChI is InChI=1S/C18H17N3O3S/c1-2-12-10-13-6-3-4-7-14(13)19-18(12)25-11-16(22)20-21-17(23)15-8-5-9-24-15/h3-10H,2,11H2,1H3,(H,20,22)(H,21,23). The van der Waals surface area contributed by atoms with Crippen LogP contribution in [-0.4, -0.2) is 22.6 Å². The maximum atomic E-state index is 11.9. The van der Waals surface area contributed by atoms with E-state index in [0.717, 1.165) is 27.9 Å². The first kappa shape index (κ1) is 17.0. The van der Waals surface area contributed by atoms with Crippen molar-refractivity contribution in [2.75, 3.05) is 5.75 Å². The Kier molecular flexibility index (Phi) is 5.35. The Morgan fingerprint density at radius 2 is 2.00 bits per heavy atom. The highest BCUT2D eigenvalue weighted by Crippen LogP contribution is 2.25. The third-order valence-corrected chi connectivity index (χ3v) is 4.58. The number of nitrogens with one attached hydrogen (secondary N) is 2. The van der Waals surface area contributed by atoms with Gasteiger partial charge in [0.25, 0.3) is 0 Å². The molecule has 2 heterocycles. The second-order valence-corrected chi connectivity index (χ2v) is 6.23. The van der Waals surface area contributed by atoms with E-state index in [2.05, 4.69) is 28.8 Å². The van der Waals surface area contributed by atoms with Crippen molar-refractivity contribution < 1.29 is 14.0 Å². The van der Waals surface area contributed by atoms with Crippen molar-refractivity contribution in [1.82, 2.24) is 15.8 Å². The van der Waals surface area contributed by atoms with Crippen molar-refractivity contribution in [2.45, 2.75) is 18.4 Å². The second-order valence-electron chi connectivity index (χ2n) is 5.27. The number of carbonyl (C=O) groups is 2. The lowest BCUT2D eigenvalue weighted by Gasteiger charge is -2.09. The fraction of sp³-hybridized carbons (Fsp3) is 0.167. The van der Waals surface area contributed by atoms with Crippen LogP contribution in [0.2, 0.25) is 0 Å². The summed E-state index contributed by atoms with van der Waals surface area (Å²) >= 11 is 1.35. The molecule has 25 heavy (non-hydrogen) atoms. The molecule has 0 aliphatic heterocycles. The fourth-order valence-electron chi connectivity index (χ4n) is 2.29. The van der Waals surface area contributed by atoms with Crippen molar-refractivity contribution in [2.24, 2.45) is 0 Å². The quantitative estimate of drug-likeness (QED) is 0.543. The molecule has 0 atom stereocenters. The van der Waals surface area contributed by atoms with Crippen molar-refractivity contribution >= 4 is 34.5 Å². The molecule has 0 unspecified atom stereocenters. The number of furan rings is 1. The first-order valence-electron chi connectivity index (χ1n) is 7.81. The Morgan fingerprint density at radius 3 is 2.76 bits per heavy atom. The summed E-state index contributed by atoms with van der Waals surface area (Å²) in [6, 6.07) is 13.1. The van der Waals surface area contributed by atoms with Gasteiger partial charge in [0, 0.05) is 5.39 Å². The monoisotopic (exact) mass is 355 g/mol. The van der Waals surface area contributed by atoms with Crippen molar-refractivity contribution in [3.63, 3.8) is 0 Å². The van der Waals surface area contributed by atoms with Crippen LogP contribution >= 0.6 is 11.8 Å². The summed E-state index contributed by atoms with van der Waals surface area (Å²) in [5.41, 5.74) is 6.67. The van der Waals surface area contributed by atoms with Crippen LogP contribution < -0.4 is 10.9 Å². The van der Waals surface area contributed by atoms with Crippen LogP contribution in [0.4, 0.5) is 0 Å². The van der Waals surface area contributed by atoms with Gasteiger partial charge in [-0.25, -0.2) is 4.98 Å². The number of hydrogen-bond acceptors (Lipinski definition) is 5. The van der Waals surface area contributed by atoms with Crippen LogP contribution in [0.3, 0.4) is 0 Å². The van der Waals surface area contributed by atoms with Gasteiger partial charge in [-0.05, 0) is 36.2 Å². The first-order valence-corrected chi connectivity index (χ1v) is 8.80. The number of pyridine rings is 1. The molecule has 3 aromatic rings. The summed E-state index contributed by atoms with van der Waals surface area (Å²) < 4.78 is 4.95. The lowest BCUT2D eigenvalue weighted by molar-refractivity contribution is -0.119. The molecule has 0 spiro atoms. The molecule has 1 aromatic carbocycles. The number of amides is 2. The highest BCUT2D eigenvalue weighted by Gasteiger charge is 2.12. The number of aryl methyl sites for hydroxylation is 1. The number of para-hydroxylation sites is 1. The van der Waals surface area contributed by atoms with E-state index in [0.29, 0.717) is 0 Å². The van der Waals surface area contributed by atoms with Gasteiger partial charge in [-0.3, -0.25) is 20.4 Å². The number of thioether (sulfide) groups is 1. The molecule has 0 fully saturated rings. The van der Waals surface area contributed by atoms with Gasteiger partial charge in [-0.1, -0.05) is 36.9 Å². The first-order chi connectivity index (χ1) is 12.2. The van der Waals surface area contributed by atoms with Crippen LogP contribution in [0.5, 0.6) is 0 Å². The lowest BCUT2D eigenvalue weighted by Crippen LogP contribution is -2.42. The molecule has 0 aliphatic rings. The van der Waals surface area contributed by atoms with Crippen molar-refractivity contribution in [1.29, 1.82) is 0 Å². The maximum Gasteiger partial charge on any atom is 0.305 e. The average molecular weight is 355 g/mol. The minimum absolute atomic E-state index is 0.136. The highest BCUT2D eigenvalue weighted by atomic mass is 32.2. The van der Waals surface area contributed by atoms with Gasteiger partial charge in [-0.2, -0.15) is 0 Å². The Balaban J connectivity index is 1.60. The van der Waals surface area contributed by atoms with Gasteiger partial charge in [-0.15, -0.1) is 0 Å². The third kappa shape index (κ3) is 4.19. The number of hydrogen-bond donors (Lipinski definition) is 2. The van der Waals surface area contributed by atoms with E-state index in [1.165, 1.54) is 24.1 Å². The number of aromatic nitrogens is 1. The number of benzene rings is 1. The molecular formula is C18H17N3O3S. The van der Waals surface area contributed by atoms with Crippen molar-refractivity contribution in [3.8, 4) is 0 Å². The van der Waals surface area contributed by atoms with Crippen LogP contribution in [0.1, 0.15) is 23.0 Å². The zero-order valence-corrected chi connectivity index (χ0v) is 14.4.